The lowest BCUT2D eigenvalue weighted by molar-refractivity contribution is -0.157. The number of amides is 2. The summed E-state index contributed by atoms with van der Waals surface area (Å²) in [6.45, 7) is 8.99. The second-order valence-electron chi connectivity index (χ2n) is 9.53. The predicted octanol–water partition coefficient (Wildman–Crippen LogP) is 4.65. The number of fused-ring (bicyclic) bond motifs is 3. The van der Waals surface area contributed by atoms with Crippen molar-refractivity contribution in [2.24, 2.45) is 5.92 Å². The molecule has 0 aliphatic heterocycles. The van der Waals surface area contributed by atoms with Crippen molar-refractivity contribution in [1.29, 1.82) is 0 Å². The Labute approximate surface area is 201 Å². The molecule has 2 N–H and O–H groups in total. The summed E-state index contributed by atoms with van der Waals surface area (Å²) in [6, 6.07) is 15.7. The zero-order valence-electron chi connectivity index (χ0n) is 20.5. The van der Waals surface area contributed by atoms with Gasteiger partial charge in [0.25, 0.3) is 0 Å². The molecule has 2 aromatic carbocycles. The maximum atomic E-state index is 12.9. The minimum atomic E-state index is -1.34. The first-order valence-corrected chi connectivity index (χ1v) is 11.7. The van der Waals surface area contributed by atoms with Gasteiger partial charge in [-0.15, -0.1) is 0 Å². The van der Waals surface area contributed by atoms with E-state index in [0.29, 0.717) is 0 Å². The zero-order chi connectivity index (χ0) is 25.0. The molecule has 0 fully saturated rings. The highest BCUT2D eigenvalue weighted by Crippen LogP contribution is 2.44. The number of carbonyl (C=O) groups is 3. The van der Waals surface area contributed by atoms with Crippen molar-refractivity contribution in [1.82, 2.24) is 10.2 Å². The van der Waals surface area contributed by atoms with E-state index in [4.69, 9.17) is 4.74 Å². The summed E-state index contributed by atoms with van der Waals surface area (Å²) in [5, 5.41) is 12.3. The predicted molar refractivity (Wildman–Crippen MR) is 131 cm³/mol. The summed E-state index contributed by atoms with van der Waals surface area (Å²) in [6.07, 6.45) is -0.597. The lowest BCUT2D eigenvalue weighted by Gasteiger charge is -2.35. The highest BCUT2D eigenvalue weighted by atomic mass is 16.5. The van der Waals surface area contributed by atoms with E-state index < -0.39 is 23.6 Å². The van der Waals surface area contributed by atoms with Gasteiger partial charge >= 0.3 is 12.1 Å². The fourth-order valence-corrected chi connectivity index (χ4v) is 4.54. The van der Waals surface area contributed by atoms with Crippen LogP contribution in [0.4, 0.5) is 4.79 Å². The Hall–Kier alpha value is -3.35. The molecule has 2 aromatic rings. The van der Waals surface area contributed by atoms with Gasteiger partial charge in [-0.3, -0.25) is 4.79 Å². The molecule has 0 aromatic heterocycles. The van der Waals surface area contributed by atoms with Gasteiger partial charge in [0, 0.05) is 24.9 Å². The number of alkyl carbamates (subject to hydrolysis) is 1. The molecule has 0 bridgehead atoms. The minimum Gasteiger partial charge on any atom is -0.480 e. The lowest BCUT2D eigenvalue weighted by Crippen LogP contribution is -2.54. The topological polar surface area (TPSA) is 95.9 Å². The first-order chi connectivity index (χ1) is 16.1. The van der Waals surface area contributed by atoms with Crippen LogP contribution in [0.1, 0.15) is 58.1 Å². The quantitative estimate of drug-likeness (QED) is 0.561. The first kappa shape index (κ1) is 25.3. The Morgan fingerprint density at radius 3 is 2.03 bits per heavy atom. The standard InChI is InChI=1S/C27H34N2O5/c1-6-29(27(4,5)25(31)32)24(30)15-23(17(2)3)28-26(33)34-16-22-20-13-9-7-11-18(20)19-12-8-10-14-21(19)22/h7-14,17,22-23H,6,15-16H2,1-5H3,(H,28,33)(H,31,32)/t23-/m0/s1. The van der Waals surface area contributed by atoms with Crippen molar-refractivity contribution in [2.75, 3.05) is 13.2 Å². The van der Waals surface area contributed by atoms with Gasteiger partial charge < -0.3 is 20.1 Å². The van der Waals surface area contributed by atoms with Crippen LogP contribution in [0.15, 0.2) is 48.5 Å². The number of aliphatic carboxylic acids is 1. The van der Waals surface area contributed by atoms with E-state index in [-0.39, 0.29) is 37.3 Å². The number of hydrogen-bond donors (Lipinski definition) is 2. The number of nitrogens with one attached hydrogen (secondary N) is 1. The molecule has 0 radical (unpaired) electrons. The van der Waals surface area contributed by atoms with Gasteiger partial charge in [-0.25, -0.2) is 9.59 Å². The third-order valence-electron chi connectivity index (χ3n) is 6.66. The van der Waals surface area contributed by atoms with Gasteiger partial charge in [0.15, 0.2) is 0 Å². The molecule has 1 atom stereocenters. The first-order valence-electron chi connectivity index (χ1n) is 11.7. The monoisotopic (exact) mass is 466 g/mol. The Morgan fingerprint density at radius 1 is 1.03 bits per heavy atom. The second-order valence-corrected chi connectivity index (χ2v) is 9.53. The van der Waals surface area contributed by atoms with Gasteiger partial charge in [0.2, 0.25) is 5.91 Å². The summed E-state index contributed by atoms with van der Waals surface area (Å²) in [5.41, 5.74) is 3.22. The van der Waals surface area contributed by atoms with Gasteiger partial charge in [-0.1, -0.05) is 62.4 Å². The average Bonchev–Trinajstić information content (AvgIpc) is 3.11. The summed E-state index contributed by atoms with van der Waals surface area (Å²) in [4.78, 5) is 38.6. The Morgan fingerprint density at radius 2 is 1.56 bits per heavy atom. The number of carbonyl (C=O) groups excluding carboxylic acids is 2. The molecule has 7 nitrogen and oxygen atoms in total. The number of hydrogen-bond acceptors (Lipinski definition) is 4. The van der Waals surface area contributed by atoms with Gasteiger partial charge in [0.05, 0.1) is 0 Å². The van der Waals surface area contributed by atoms with E-state index in [9.17, 15) is 19.5 Å². The van der Waals surface area contributed by atoms with Crippen molar-refractivity contribution in [3.05, 3.63) is 59.7 Å². The van der Waals surface area contributed by atoms with E-state index in [2.05, 4.69) is 29.6 Å². The van der Waals surface area contributed by atoms with Crippen LogP contribution in [0.25, 0.3) is 11.1 Å². The maximum absolute atomic E-state index is 12.9. The molecule has 0 heterocycles. The Bertz CT molecular complexity index is 1020. The van der Waals surface area contributed by atoms with E-state index in [1.165, 1.54) is 18.7 Å². The largest absolute Gasteiger partial charge is 0.480 e. The van der Waals surface area contributed by atoms with Crippen molar-refractivity contribution < 1.29 is 24.2 Å². The summed E-state index contributed by atoms with van der Waals surface area (Å²) in [5.74, 6) is -1.50. The molecular weight excluding hydrogens is 432 g/mol. The number of benzene rings is 2. The summed E-state index contributed by atoms with van der Waals surface area (Å²) < 4.78 is 5.63. The van der Waals surface area contributed by atoms with Crippen molar-refractivity contribution in [2.45, 2.75) is 58.5 Å². The van der Waals surface area contributed by atoms with Crippen molar-refractivity contribution >= 4 is 18.0 Å². The number of ether oxygens (including phenoxy) is 1. The van der Waals surface area contributed by atoms with Crippen molar-refractivity contribution in [3.8, 4) is 11.1 Å². The average molecular weight is 467 g/mol. The molecule has 0 unspecified atom stereocenters. The molecule has 34 heavy (non-hydrogen) atoms. The molecule has 2 amide bonds. The fourth-order valence-electron chi connectivity index (χ4n) is 4.54. The van der Waals surface area contributed by atoms with E-state index in [0.717, 1.165) is 22.3 Å². The number of likely N-dealkylation sites (N-methyl/N-ethyl adjacent to an activating group) is 1. The number of rotatable bonds is 9. The molecule has 0 spiro atoms. The Kier molecular flexibility index (Phi) is 7.64. The maximum Gasteiger partial charge on any atom is 0.407 e. The highest BCUT2D eigenvalue weighted by molar-refractivity contribution is 5.87. The number of carboxylic acids is 1. The molecular formula is C27H34N2O5. The summed E-state index contributed by atoms with van der Waals surface area (Å²) in [7, 11) is 0. The van der Waals surface area contributed by atoms with Crippen LogP contribution in [0, 0.1) is 5.92 Å². The number of carboxylic acid groups (broad SMARTS) is 1. The van der Waals surface area contributed by atoms with Crippen LogP contribution >= 0.6 is 0 Å². The van der Waals surface area contributed by atoms with E-state index >= 15 is 0 Å². The molecule has 182 valence electrons. The van der Waals surface area contributed by atoms with Gasteiger partial charge in [-0.05, 0) is 48.9 Å². The Balaban J connectivity index is 1.66. The van der Waals surface area contributed by atoms with Gasteiger partial charge in [0.1, 0.15) is 12.1 Å². The third kappa shape index (κ3) is 5.08. The van der Waals surface area contributed by atoms with Crippen LogP contribution < -0.4 is 5.32 Å². The molecule has 1 aliphatic rings. The highest BCUT2D eigenvalue weighted by Gasteiger charge is 2.38. The molecule has 3 rings (SSSR count). The van der Waals surface area contributed by atoms with E-state index in [1.54, 1.807) is 6.92 Å². The van der Waals surface area contributed by atoms with Gasteiger partial charge in [-0.2, -0.15) is 0 Å². The van der Waals surface area contributed by atoms with Crippen LogP contribution in [0.2, 0.25) is 0 Å². The molecule has 0 saturated carbocycles. The fraction of sp³-hybridized carbons (Fsp3) is 0.444. The zero-order valence-corrected chi connectivity index (χ0v) is 20.5. The lowest BCUT2D eigenvalue weighted by atomic mass is 9.97. The SMILES string of the molecule is CCN(C(=O)C[C@H](NC(=O)OCC1c2ccccc2-c2ccccc21)C(C)C)C(C)(C)C(=O)O. The minimum absolute atomic E-state index is 0.00753. The summed E-state index contributed by atoms with van der Waals surface area (Å²) >= 11 is 0. The van der Waals surface area contributed by atoms with Crippen LogP contribution in [-0.4, -0.2) is 52.7 Å². The normalized spacial score (nSPS) is 13.7. The van der Waals surface area contributed by atoms with Crippen LogP contribution in [0.5, 0.6) is 0 Å². The van der Waals surface area contributed by atoms with E-state index in [1.807, 2.05) is 38.1 Å². The van der Waals surface area contributed by atoms with Crippen LogP contribution in [-0.2, 0) is 14.3 Å². The number of nitrogens with zero attached hydrogens (tertiary/aromatic N) is 1. The molecule has 0 saturated heterocycles. The molecule has 7 heteroatoms. The molecule has 1 aliphatic carbocycles. The second kappa shape index (κ2) is 10.3. The van der Waals surface area contributed by atoms with Crippen molar-refractivity contribution in [3.63, 3.8) is 0 Å². The van der Waals surface area contributed by atoms with Crippen LogP contribution in [0.3, 0.4) is 0 Å². The smallest absolute Gasteiger partial charge is 0.407 e. The third-order valence-corrected chi connectivity index (χ3v) is 6.66.